The van der Waals surface area contributed by atoms with E-state index in [2.05, 4.69) is 11.1 Å². The number of aliphatic hydroxyl groups excluding tert-OH is 1. The van der Waals surface area contributed by atoms with Gasteiger partial charge < -0.3 is 19.2 Å². The molecule has 36 heavy (non-hydrogen) atoms. The predicted molar refractivity (Wildman–Crippen MR) is 133 cm³/mol. The van der Waals surface area contributed by atoms with Crippen LogP contribution in [0.1, 0.15) is 34.1 Å². The number of ether oxygens (including phenoxy) is 1. The van der Waals surface area contributed by atoms with Crippen LogP contribution in [0, 0.1) is 6.92 Å². The normalized spacial score (nSPS) is 16.9. The first kappa shape index (κ1) is 23.1. The van der Waals surface area contributed by atoms with Crippen molar-refractivity contribution in [1.82, 2.24) is 9.88 Å². The van der Waals surface area contributed by atoms with Crippen molar-refractivity contribution < 1.29 is 23.8 Å². The van der Waals surface area contributed by atoms with Crippen molar-refractivity contribution in [3.8, 4) is 5.75 Å². The first-order valence-corrected chi connectivity index (χ1v) is 11.5. The monoisotopic (exact) mass is 480 g/mol. The van der Waals surface area contributed by atoms with Crippen molar-refractivity contribution in [2.75, 3.05) is 0 Å². The summed E-state index contributed by atoms with van der Waals surface area (Å²) in [6, 6.07) is 20.9. The third-order valence-corrected chi connectivity index (χ3v) is 6.04. The highest BCUT2D eigenvalue weighted by Gasteiger charge is 2.47. The summed E-state index contributed by atoms with van der Waals surface area (Å²) < 4.78 is 11.4. The Kier molecular flexibility index (Phi) is 6.36. The average molecular weight is 481 g/mol. The van der Waals surface area contributed by atoms with Gasteiger partial charge in [0.15, 0.2) is 0 Å². The van der Waals surface area contributed by atoms with Gasteiger partial charge in [-0.3, -0.25) is 14.6 Å². The van der Waals surface area contributed by atoms with Crippen LogP contribution in [0.15, 0.2) is 101 Å². The lowest BCUT2D eigenvalue weighted by molar-refractivity contribution is -0.140. The molecule has 7 heteroatoms. The Balaban J connectivity index is 1.43. The van der Waals surface area contributed by atoms with Crippen LogP contribution in [0.3, 0.4) is 0 Å². The Hall–Kier alpha value is -4.65. The largest absolute Gasteiger partial charge is 0.507 e. The second-order valence-electron chi connectivity index (χ2n) is 8.61. The molecule has 7 nitrogen and oxygen atoms in total. The number of aliphatic hydroxyl groups is 1. The lowest BCUT2D eigenvalue weighted by Crippen LogP contribution is -2.29. The summed E-state index contributed by atoms with van der Waals surface area (Å²) in [5.41, 5.74) is 3.34. The maximum Gasteiger partial charge on any atom is 0.296 e. The maximum atomic E-state index is 13.1. The third kappa shape index (κ3) is 4.63. The van der Waals surface area contributed by atoms with E-state index >= 15 is 0 Å². The molecule has 2 aromatic heterocycles. The van der Waals surface area contributed by atoms with Crippen LogP contribution < -0.4 is 4.74 Å². The maximum absolute atomic E-state index is 13.1. The quantitative estimate of drug-likeness (QED) is 0.222. The molecular formula is C29H24N2O5. The molecule has 1 aliphatic rings. The molecule has 3 heterocycles. The minimum absolute atomic E-state index is 0.0210. The number of hydrogen-bond donors (Lipinski definition) is 1. The van der Waals surface area contributed by atoms with Gasteiger partial charge in [0.1, 0.15) is 29.9 Å². The summed E-state index contributed by atoms with van der Waals surface area (Å²) in [7, 11) is 0. The van der Waals surface area contributed by atoms with Crippen LogP contribution >= 0.6 is 0 Å². The summed E-state index contributed by atoms with van der Waals surface area (Å²) in [6.45, 7) is 2.58. The number of pyridine rings is 1. The number of benzene rings is 2. The second-order valence-corrected chi connectivity index (χ2v) is 8.61. The topological polar surface area (TPSA) is 92.9 Å². The van der Waals surface area contributed by atoms with Crippen LogP contribution in [0.5, 0.6) is 5.75 Å². The van der Waals surface area contributed by atoms with Crippen LogP contribution in [0.25, 0.3) is 5.76 Å². The van der Waals surface area contributed by atoms with Gasteiger partial charge in [0, 0.05) is 24.5 Å². The summed E-state index contributed by atoms with van der Waals surface area (Å²) in [4.78, 5) is 31.6. The van der Waals surface area contributed by atoms with Crippen molar-refractivity contribution in [3.05, 3.63) is 125 Å². The van der Waals surface area contributed by atoms with E-state index in [0.717, 1.165) is 16.7 Å². The number of carbonyl (C=O) groups is 2. The average Bonchev–Trinajstić information content (AvgIpc) is 3.51. The zero-order valence-electron chi connectivity index (χ0n) is 19.6. The minimum Gasteiger partial charge on any atom is -0.507 e. The highest BCUT2D eigenvalue weighted by Crippen LogP contribution is 2.40. The van der Waals surface area contributed by atoms with E-state index in [1.807, 2.05) is 31.2 Å². The van der Waals surface area contributed by atoms with Gasteiger partial charge in [0.25, 0.3) is 11.7 Å². The Morgan fingerprint density at radius 1 is 1.03 bits per heavy atom. The fraction of sp³-hybridized carbons (Fsp3) is 0.138. The first-order valence-electron chi connectivity index (χ1n) is 11.5. The highest BCUT2D eigenvalue weighted by molar-refractivity contribution is 6.46. The van der Waals surface area contributed by atoms with Gasteiger partial charge in [0.2, 0.25) is 0 Å². The van der Waals surface area contributed by atoms with Crippen molar-refractivity contribution in [1.29, 1.82) is 0 Å². The Morgan fingerprint density at radius 3 is 2.53 bits per heavy atom. The first-order chi connectivity index (χ1) is 17.5. The number of aromatic nitrogens is 1. The van der Waals surface area contributed by atoms with Crippen LogP contribution in [-0.4, -0.2) is 26.7 Å². The van der Waals surface area contributed by atoms with Gasteiger partial charge in [0.05, 0.1) is 11.8 Å². The number of furan rings is 1. The number of aryl methyl sites for hydroxylation is 1. The van der Waals surface area contributed by atoms with E-state index in [1.54, 1.807) is 54.9 Å². The van der Waals surface area contributed by atoms with Crippen LogP contribution in [0.2, 0.25) is 0 Å². The lowest BCUT2D eigenvalue weighted by Gasteiger charge is -2.23. The fourth-order valence-electron chi connectivity index (χ4n) is 4.31. The molecule has 4 aromatic rings. The van der Waals surface area contributed by atoms with Crippen molar-refractivity contribution in [2.24, 2.45) is 0 Å². The molecule has 1 atom stereocenters. The van der Waals surface area contributed by atoms with Gasteiger partial charge in [-0.25, -0.2) is 0 Å². The molecule has 1 unspecified atom stereocenters. The molecule has 1 aliphatic heterocycles. The van der Waals surface area contributed by atoms with E-state index in [4.69, 9.17) is 9.15 Å². The van der Waals surface area contributed by atoms with Crippen molar-refractivity contribution in [3.63, 3.8) is 0 Å². The number of rotatable bonds is 7. The predicted octanol–water partition coefficient (Wildman–Crippen LogP) is 5.18. The summed E-state index contributed by atoms with van der Waals surface area (Å²) >= 11 is 0. The SMILES string of the molecule is Cc1cccc(COc2ccc(C(O)=C3C(=O)C(=O)N(Cc4cccnc4)C3c3ccco3)cc2)c1. The number of amides is 1. The highest BCUT2D eigenvalue weighted by atomic mass is 16.5. The molecule has 0 radical (unpaired) electrons. The third-order valence-electron chi connectivity index (χ3n) is 6.04. The molecule has 180 valence electrons. The summed E-state index contributed by atoms with van der Waals surface area (Å²) in [5.74, 6) is -0.739. The molecule has 5 rings (SSSR count). The van der Waals surface area contributed by atoms with E-state index in [1.165, 1.54) is 11.2 Å². The zero-order chi connectivity index (χ0) is 25.1. The molecule has 0 bridgehead atoms. The number of likely N-dealkylation sites (tertiary alicyclic amines) is 1. The Morgan fingerprint density at radius 2 is 1.83 bits per heavy atom. The molecular weight excluding hydrogens is 456 g/mol. The Bertz CT molecular complexity index is 1410. The number of nitrogens with zero attached hydrogens (tertiary/aromatic N) is 2. The summed E-state index contributed by atoms with van der Waals surface area (Å²) in [5, 5.41) is 11.2. The van der Waals surface area contributed by atoms with Gasteiger partial charge >= 0.3 is 0 Å². The van der Waals surface area contributed by atoms with Gasteiger partial charge in [-0.2, -0.15) is 0 Å². The number of ketones is 1. The fourth-order valence-corrected chi connectivity index (χ4v) is 4.31. The number of carbonyl (C=O) groups excluding carboxylic acids is 2. The molecule has 0 saturated carbocycles. The van der Waals surface area contributed by atoms with E-state index in [0.29, 0.717) is 23.7 Å². The second kappa shape index (κ2) is 9.92. The van der Waals surface area contributed by atoms with Crippen LogP contribution in [-0.2, 0) is 22.7 Å². The van der Waals surface area contributed by atoms with E-state index < -0.39 is 17.7 Å². The molecule has 1 fully saturated rings. The summed E-state index contributed by atoms with van der Waals surface area (Å²) in [6.07, 6.45) is 4.74. The van der Waals surface area contributed by atoms with Gasteiger partial charge in [-0.15, -0.1) is 0 Å². The molecule has 0 spiro atoms. The van der Waals surface area contributed by atoms with E-state index in [9.17, 15) is 14.7 Å². The lowest BCUT2D eigenvalue weighted by atomic mass is 9.99. The number of hydrogen-bond acceptors (Lipinski definition) is 6. The molecule has 0 aliphatic carbocycles. The van der Waals surface area contributed by atoms with Crippen molar-refractivity contribution >= 4 is 17.4 Å². The molecule has 2 aromatic carbocycles. The molecule has 1 saturated heterocycles. The van der Waals surface area contributed by atoms with Crippen molar-refractivity contribution in [2.45, 2.75) is 26.1 Å². The minimum atomic E-state index is -0.863. The zero-order valence-corrected chi connectivity index (χ0v) is 19.6. The number of Topliss-reactive ketones (excluding diaryl/α,β-unsaturated/α-hetero) is 1. The standard InChI is InChI=1S/C29H24N2O5/c1-19-5-2-6-20(15-19)18-36-23-11-9-22(10-12-23)27(32)25-26(24-8-4-14-35-24)31(29(34)28(25)33)17-21-7-3-13-30-16-21/h2-16,26,32H,17-18H2,1H3. The van der Waals surface area contributed by atoms with Gasteiger partial charge in [-0.05, 0) is 60.5 Å². The Labute approximate surface area is 208 Å². The van der Waals surface area contributed by atoms with Crippen LogP contribution in [0.4, 0.5) is 0 Å². The van der Waals surface area contributed by atoms with E-state index in [-0.39, 0.29) is 17.9 Å². The van der Waals surface area contributed by atoms with Gasteiger partial charge in [-0.1, -0.05) is 35.9 Å². The molecule has 1 amide bonds. The smallest absolute Gasteiger partial charge is 0.296 e. The molecule has 1 N–H and O–H groups in total.